The van der Waals surface area contributed by atoms with Gasteiger partial charge in [-0.25, -0.2) is 0 Å². The monoisotopic (exact) mass is 266 g/mol. The van der Waals surface area contributed by atoms with E-state index in [0.29, 0.717) is 11.3 Å². The van der Waals surface area contributed by atoms with Crippen LogP contribution in [0.2, 0.25) is 0 Å². The Bertz CT molecular complexity index is 419. The number of carbonyl (C=O) groups excluding carboxylic acids is 1. The quantitative estimate of drug-likeness (QED) is 0.615. The van der Waals surface area contributed by atoms with Crippen molar-refractivity contribution in [3.05, 3.63) is 28.8 Å². The summed E-state index contributed by atoms with van der Waals surface area (Å²) in [6.45, 7) is 6.75. The summed E-state index contributed by atoms with van der Waals surface area (Å²) in [4.78, 5) is 12.0. The maximum atomic E-state index is 12.0. The second kappa shape index (κ2) is 7.31. The molecule has 0 aliphatic rings. The fraction of sp³-hybridized carbons (Fsp3) is 0.500. The van der Waals surface area contributed by atoms with Crippen LogP contribution in [-0.2, 0) is 0 Å². The second-order valence-electron chi connectivity index (χ2n) is 4.33. The standard InChI is InChI=1S/C14H22N2OS/c1-4-18-7-5-6-16-14(17)12-9-13(15)11(3)8-10(12)2/h8-9H,4-7,15H2,1-3H3,(H,16,17). The number of anilines is 1. The average Bonchev–Trinajstić information content (AvgIpc) is 2.33. The highest BCUT2D eigenvalue weighted by molar-refractivity contribution is 7.99. The number of nitrogens with two attached hydrogens (primary N) is 1. The molecular formula is C14H22N2OS. The molecule has 0 heterocycles. The Balaban J connectivity index is 2.54. The van der Waals surface area contributed by atoms with Gasteiger partial charge in [0.15, 0.2) is 0 Å². The molecule has 0 fully saturated rings. The van der Waals surface area contributed by atoms with Crippen molar-refractivity contribution in [1.82, 2.24) is 5.32 Å². The minimum Gasteiger partial charge on any atom is -0.398 e. The van der Waals surface area contributed by atoms with Crippen LogP contribution < -0.4 is 11.1 Å². The zero-order chi connectivity index (χ0) is 13.5. The summed E-state index contributed by atoms with van der Waals surface area (Å²) in [5, 5.41) is 2.94. The number of amides is 1. The molecule has 3 nitrogen and oxygen atoms in total. The van der Waals surface area contributed by atoms with Crippen LogP contribution >= 0.6 is 11.8 Å². The van der Waals surface area contributed by atoms with E-state index in [-0.39, 0.29) is 5.91 Å². The molecule has 18 heavy (non-hydrogen) atoms. The second-order valence-corrected chi connectivity index (χ2v) is 5.72. The number of aryl methyl sites for hydroxylation is 2. The number of carbonyl (C=O) groups is 1. The first kappa shape index (κ1) is 14.9. The molecule has 1 aromatic rings. The third-order valence-electron chi connectivity index (χ3n) is 2.81. The van der Waals surface area contributed by atoms with E-state index in [2.05, 4.69) is 12.2 Å². The third-order valence-corrected chi connectivity index (χ3v) is 3.80. The van der Waals surface area contributed by atoms with Crippen molar-refractivity contribution in [3.63, 3.8) is 0 Å². The van der Waals surface area contributed by atoms with Crippen LogP contribution in [0, 0.1) is 13.8 Å². The Hall–Kier alpha value is -1.16. The lowest BCUT2D eigenvalue weighted by Gasteiger charge is -2.10. The minimum atomic E-state index is -0.0271. The minimum absolute atomic E-state index is 0.0271. The highest BCUT2D eigenvalue weighted by Crippen LogP contribution is 2.17. The molecule has 0 aliphatic carbocycles. The molecule has 0 spiro atoms. The molecule has 0 aliphatic heterocycles. The molecule has 1 rings (SSSR count). The van der Waals surface area contributed by atoms with E-state index >= 15 is 0 Å². The van der Waals surface area contributed by atoms with Gasteiger partial charge < -0.3 is 11.1 Å². The van der Waals surface area contributed by atoms with Crippen molar-refractivity contribution in [2.45, 2.75) is 27.2 Å². The Morgan fingerprint density at radius 2 is 2.06 bits per heavy atom. The number of hydrogen-bond acceptors (Lipinski definition) is 3. The molecule has 100 valence electrons. The Labute approximate surface area is 114 Å². The number of thioether (sulfide) groups is 1. The van der Waals surface area contributed by atoms with Gasteiger partial charge in [0.2, 0.25) is 0 Å². The van der Waals surface area contributed by atoms with E-state index in [9.17, 15) is 4.79 Å². The zero-order valence-electron chi connectivity index (χ0n) is 11.4. The van der Waals surface area contributed by atoms with Crippen molar-refractivity contribution in [2.24, 2.45) is 0 Å². The number of hydrogen-bond donors (Lipinski definition) is 2. The van der Waals surface area contributed by atoms with E-state index in [1.807, 2.05) is 31.7 Å². The van der Waals surface area contributed by atoms with Crippen LogP contribution in [0.4, 0.5) is 5.69 Å². The molecule has 0 bridgehead atoms. The molecule has 0 saturated heterocycles. The van der Waals surface area contributed by atoms with Gasteiger partial charge in [-0.3, -0.25) is 4.79 Å². The largest absolute Gasteiger partial charge is 0.398 e. The maximum Gasteiger partial charge on any atom is 0.251 e. The number of nitrogens with one attached hydrogen (secondary N) is 1. The van der Waals surface area contributed by atoms with E-state index in [1.54, 1.807) is 6.07 Å². The van der Waals surface area contributed by atoms with Gasteiger partial charge in [0.25, 0.3) is 5.91 Å². The fourth-order valence-corrected chi connectivity index (χ4v) is 2.37. The lowest BCUT2D eigenvalue weighted by atomic mass is 10.0. The summed E-state index contributed by atoms with van der Waals surface area (Å²) in [6, 6.07) is 3.72. The first-order valence-electron chi connectivity index (χ1n) is 6.29. The van der Waals surface area contributed by atoms with E-state index in [0.717, 1.165) is 35.6 Å². The van der Waals surface area contributed by atoms with Crippen LogP contribution in [0.15, 0.2) is 12.1 Å². The number of rotatable bonds is 6. The van der Waals surface area contributed by atoms with Crippen molar-refractivity contribution >= 4 is 23.4 Å². The van der Waals surface area contributed by atoms with E-state index in [4.69, 9.17) is 5.73 Å². The predicted molar refractivity (Wildman–Crippen MR) is 80.3 cm³/mol. The van der Waals surface area contributed by atoms with Gasteiger partial charge in [0, 0.05) is 17.8 Å². The van der Waals surface area contributed by atoms with Crippen LogP contribution in [-0.4, -0.2) is 24.0 Å². The van der Waals surface area contributed by atoms with Crippen molar-refractivity contribution in [2.75, 3.05) is 23.8 Å². The molecule has 3 N–H and O–H groups in total. The summed E-state index contributed by atoms with van der Waals surface area (Å²) in [5.41, 5.74) is 9.18. The molecule has 1 amide bonds. The maximum absolute atomic E-state index is 12.0. The number of benzene rings is 1. The normalized spacial score (nSPS) is 10.4. The Morgan fingerprint density at radius 1 is 1.33 bits per heavy atom. The zero-order valence-corrected chi connectivity index (χ0v) is 12.2. The van der Waals surface area contributed by atoms with E-state index in [1.165, 1.54) is 0 Å². The van der Waals surface area contributed by atoms with Gasteiger partial charge in [0.1, 0.15) is 0 Å². The molecule has 0 unspecified atom stereocenters. The molecule has 1 aromatic carbocycles. The summed E-state index contributed by atoms with van der Waals surface area (Å²) in [7, 11) is 0. The molecule has 0 aromatic heterocycles. The first-order valence-corrected chi connectivity index (χ1v) is 7.44. The van der Waals surface area contributed by atoms with Crippen LogP contribution in [0.3, 0.4) is 0 Å². The summed E-state index contributed by atoms with van der Waals surface area (Å²) in [6.07, 6.45) is 1.00. The van der Waals surface area contributed by atoms with Gasteiger partial charge in [-0.2, -0.15) is 11.8 Å². The molecule has 0 atom stereocenters. The lowest BCUT2D eigenvalue weighted by Crippen LogP contribution is -2.25. The van der Waals surface area contributed by atoms with Crippen molar-refractivity contribution < 1.29 is 4.79 Å². The van der Waals surface area contributed by atoms with Gasteiger partial charge >= 0.3 is 0 Å². The van der Waals surface area contributed by atoms with Gasteiger partial charge in [-0.1, -0.05) is 13.0 Å². The summed E-state index contributed by atoms with van der Waals surface area (Å²) >= 11 is 1.89. The Morgan fingerprint density at radius 3 is 2.72 bits per heavy atom. The molecule has 4 heteroatoms. The topological polar surface area (TPSA) is 55.1 Å². The van der Waals surface area contributed by atoms with Crippen LogP contribution in [0.25, 0.3) is 0 Å². The SMILES string of the molecule is CCSCCCNC(=O)c1cc(N)c(C)cc1C. The van der Waals surface area contributed by atoms with Crippen LogP contribution in [0.5, 0.6) is 0 Å². The number of nitrogen functional groups attached to an aromatic ring is 1. The van der Waals surface area contributed by atoms with Crippen molar-refractivity contribution in [3.8, 4) is 0 Å². The van der Waals surface area contributed by atoms with Gasteiger partial charge in [0.05, 0.1) is 0 Å². The van der Waals surface area contributed by atoms with Gasteiger partial charge in [-0.05, 0) is 49.0 Å². The summed E-state index contributed by atoms with van der Waals surface area (Å²) in [5.74, 6) is 2.19. The fourth-order valence-electron chi connectivity index (χ4n) is 1.73. The lowest BCUT2D eigenvalue weighted by molar-refractivity contribution is 0.0953. The first-order chi connectivity index (χ1) is 8.56. The summed E-state index contributed by atoms with van der Waals surface area (Å²) < 4.78 is 0. The molecule has 0 radical (unpaired) electrons. The molecular weight excluding hydrogens is 244 g/mol. The Kier molecular flexibility index (Phi) is 6.05. The van der Waals surface area contributed by atoms with Crippen molar-refractivity contribution in [1.29, 1.82) is 0 Å². The van der Waals surface area contributed by atoms with E-state index < -0.39 is 0 Å². The predicted octanol–water partition coefficient (Wildman–Crippen LogP) is 2.76. The highest BCUT2D eigenvalue weighted by atomic mass is 32.2. The smallest absolute Gasteiger partial charge is 0.251 e. The average molecular weight is 266 g/mol. The van der Waals surface area contributed by atoms with Gasteiger partial charge in [-0.15, -0.1) is 0 Å². The van der Waals surface area contributed by atoms with Crippen LogP contribution in [0.1, 0.15) is 34.8 Å². The highest BCUT2D eigenvalue weighted by Gasteiger charge is 2.10. The molecule has 0 saturated carbocycles. The third kappa shape index (κ3) is 4.26.